The Hall–Kier alpha value is -2.02. The second-order valence-electron chi connectivity index (χ2n) is 7.56. The zero-order valence-electron chi connectivity index (χ0n) is 13.7. The van der Waals surface area contributed by atoms with Gasteiger partial charge in [0.25, 0.3) is 0 Å². The van der Waals surface area contributed by atoms with Crippen LogP contribution in [0.15, 0.2) is 23.5 Å². The summed E-state index contributed by atoms with van der Waals surface area (Å²) in [6, 6.07) is 3.42. The van der Waals surface area contributed by atoms with E-state index in [1.54, 1.807) is 19.1 Å². The van der Waals surface area contributed by atoms with Gasteiger partial charge in [0.15, 0.2) is 11.5 Å². The molecule has 1 saturated carbocycles. The van der Waals surface area contributed by atoms with Crippen molar-refractivity contribution in [2.75, 3.05) is 6.61 Å². The van der Waals surface area contributed by atoms with Gasteiger partial charge in [-0.05, 0) is 30.0 Å². The van der Waals surface area contributed by atoms with Crippen molar-refractivity contribution in [2.45, 2.75) is 43.5 Å². The molecule has 3 N–H and O–H groups in total. The van der Waals surface area contributed by atoms with Gasteiger partial charge in [0.1, 0.15) is 6.10 Å². The fraction of sp³-hybridized carbons (Fsp3) is 0.474. The summed E-state index contributed by atoms with van der Waals surface area (Å²) in [6.45, 7) is 1.88. The highest BCUT2D eigenvalue weighted by Gasteiger charge is 2.61. The molecule has 1 aromatic carbocycles. The van der Waals surface area contributed by atoms with E-state index in [2.05, 4.69) is 0 Å². The highest BCUT2D eigenvalue weighted by molar-refractivity contribution is 6.15. The number of aliphatic hydroxyl groups excluding tert-OH is 3. The van der Waals surface area contributed by atoms with E-state index >= 15 is 0 Å². The smallest absolute Gasteiger partial charge is 0.228 e. The molecule has 1 fully saturated rings. The van der Waals surface area contributed by atoms with Gasteiger partial charge in [0, 0.05) is 28.9 Å². The Bertz CT molecular complexity index is 884. The minimum atomic E-state index is -1.34. The molecular formula is C19H18O6. The van der Waals surface area contributed by atoms with E-state index in [1.807, 2.05) is 0 Å². The zero-order valence-corrected chi connectivity index (χ0v) is 13.7. The van der Waals surface area contributed by atoms with Crippen LogP contribution in [0.3, 0.4) is 0 Å². The molecule has 5 atom stereocenters. The number of carbonyl (C=O) groups excluding carboxylic acids is 2. The van der Waals surface area contributed by atoms with Gasteiger partial charge >= 0.3 is 0 Å². The van der Waals surface area contributed by atoms with Crippen LogP contribution in [0.25, 0.3) is 0 Å². The van der Waals surface area contributed by atoms with E-state index in [0.717, 1.165) is 0 Å². The third-order valence-electron chi connectivity index (χ3n) is 6.47. The number of carbonyl (C=O) groups is 2. The number of hydrogen-bond acceptors (Lipinski definition) is 6. The van der Waals surface area contributed by atoms with E-state index < -0.39 is 29.6 Å². The van der Waals surface area contributed by atoms with Crippen molar-refractivity contribution in [3.05, 3.63) is 45.7 Å². The lowest BCUT2D eigenvalue weighted by molar-refractivity contribution is -0.119. The molecule has 3 aliphatic carbocycles. The van der Waals surface area contributed by atoms with Gasteiger partial charge in [-0.3, -0.25) is 9.59 Å². The Morgan fingerprint density at radius 2 is 1.88 bits per heavy atom. The molecule has 1 heterocycles. The first kappa shape index (κ1) is 15.3. The van der Waals surface area contributed by atoms with Gasteiger partial charge in [-0.2, -0.15) is 0 Å². The molecule has 1 aliphatic heterocycles. The maximum atomic E-state index is 13.1. The van der Waals surface area contributed by atoms with Gasteiger partial charge in [-0.1, -0.05) is 12.1 Å². The fourth-order valence-electron chi connectivity index (χ4n) is 5.16. The van der Waals surface area contributed by atoms with Crippen LogP contribution < -0.4 is 0 Å². The number of hydrogen-bond donors (Lipinski definition) is 3. The zero-order chi connectivity index (χ0) is 17.7. The lowest BCUT2D eigenvalue weighted by atomic mass is 9.56. The molecule has 0 saturated heterocycles. The largest absolute Gasteiger partial charge is 0.489 e. The van der Waals surface area contributed by atoms with Gasteiger partial charge in [0.2, 0.25) is 5.78 Å². The fourth-order valence-corrected chi connectivity index (χ4v) is 5.16. The molecule has 0 spiro atoms. The molecule has 1 aromatic rings. The van der Waals surface area contributed by atoms with E-state index in [4.69, 9.17) is 4.74 Å². The molecule has 6 heteroatoms. The Kier molecular flexibility index (Phi) is 2.79. The van der Waals surface area contributed by atoms with Crippen LogP contribution in [0.1, 0.15) is 45.2 Å². The molecule has 0 amide bonds. The first-order valence-corrected chi connectivity index (χ1v) is 8.53. The third-order valence-corrected chi connectivity index (χ3v) is 6.47. The summed E-state index contributed by atoms with van der Waals surface area (Å²) in [5, 5.41) is 31.5. The standard InChI is InChI=1S/C19H18O6/c1-19-10-4-2-7-8(3-5-11(7)20)12(10)15(22)17-13(19)9(6-25-17)14(21)16(23)18(19)24/h2,4,9,14,16,18,21,23-24H,3,5-6H2,1H3/t9?,14-,16+,18+,19-/m1/s1. The van der Waals surface area contributed by atoms with Crippen molar-refractivity contribution in [3.8, 4) is 0 Å². The average molecular weight is 342 g/mol. The topological polar surface area (TPSA) is 104 Å². The number of ketones is 2. The number of ether oxygens (including phenoxy) is 1. The summed E-state index contributed by atoms with van der Waals surface area (Å²) in [5.74, 6) is -0.629. The monoisotopic (exact) mass is 342 g/mol. The third kappa shape index (κ3) is 1.56. The van der Waals surface area contributed by atoms with Gasteiger partial charge in [-0.25, -0.2) is 0 Å². The molecule has 0 aromatic heterocycles. The number of Topliss-reactive ketones (excluding diaryl/α,β-unsaturated/α-hetero) is 2. The molecule has 4 aliphatic rings. The van der Waals surface area contributed by atoms with Crippen molar-refractivity contribution >= 4 is 11.6 Å². The summed E-state index contributed by atoms with van der Waals surface area (Å²) in [5.41, 5.74) is 1.84. The molecule has 0 radical (unpaired) electrons. The van der Waals surface area contributed by atoms with Crippen LogP contribution in [0.2, 0.25) is 0 Å². The van der Waals surface area contributed by atoms with Crippen LogP contribution in [0, 0.1) is 5.92 Å². The van der Waals surface area contributed by atoms with Crippen LogP contribution in [-0.2, 0) is 16.6 Å². The number of benzene rings is 1. The van der Waals surface area contributed by atoms with Gasteiger partial charge in [-0.15, -0.1) is 0 Å². The van der Waals surface area contributed by atoms with Crippen LogP contribution in [0.4, 0.5) is 0 Å². The van der Waals surface area contributed by atoms with Gasteiger partial charge in [0.05, 0.1) is 18.8 Å². The second-order valence-corrected chi connectivity index (χ2v) is 7.56. The summed E-state index contributed by atoms with van der Waals surface area (Å²) < 4.78 is 5.62. The number of aliphatic hydroxyl groups is 3. The Labute approximate surface area is 143 Å². The molecule has 0 bridgehead atoms. The van der Waals surface area contributed by atoms with E-state index in [0.29, 0.717) is 40.7 Å². The minimum absolute atomic E-state index is 0.0143. The van der Waals surface area contributed by atoms with Crippen LogP contribution in [0.5, 0.6) is 0 Å². The molecule has 6 nitrogen and oxygen atoms in total. The van der Waals surface area contributed by atoms with Crippen molar-refractivity contribution in [2.24, 2.45) is 5.92 Å². The number of allylic oxidation sites excluding steroid dienone is 1. The minimum Gasteiger partial charge on any atom is -0.489 e. The van der Waals surface area contributed by atoms with Crippen molar-refractivity contribution < 1.29 is 29.6 Å². The molecular weight excluding hydrogens is 324 g/mol. The van der Waals surface area contributed by atoms with Gasteiger partial charge < -0.3 is 20.1 Å². The van der Waals surface area contributed by atoms with Crippen molar-refractivity contribution in [3.63, 3.8) is 0 Å². The van der Waals surface area contributed by atoms with E-state index in [1.165, 1.54) is 0 Å². The predicted molar refractivity (Wildman–Crippen MR) is 85.3 cm³/mol. The Morgan fingerprint density at radius 3 is 2.64 bits per heavy atom. The highest BCUT2D eigenvalue weighted by atomic mass is 16.5. The highest BCUT2D eigenvalue weighted by Crippen LogP contribution is 2.55. The normalized spacial score (nSPS) is 38.4. The first-order chi connectivity index (χ1) is 11.9. The lowest BCUT2D eigenvalue weighted by Crippen LogP contribution is -2.60. The summed E-state index contributed by atoms with van der Waals surface area (Å²) in [7, 11) is 0. The summed E-state index contributed by atoms with van der Waals surface area (Å²) >= 11 is 0. The molecule has 1 unspecified atom stereocenters. The molecule has 25 heavy (non-hydrogen) atoms. The first-order valence-electron chi connectivity index (χ1n) is 8.53. The maximum absolute atomic E-state index is 13.1. The lowest BCUT2D eigenvalue weighted by Gasteiger charge is -2.49. The number of fused-ring (bicyclic) bond motifs is 4. The van der Waals surface area contributed by atoms with Crippen molar-refractivity contribution in [1.29, 1.82) is 0 Å². The average Bonchev–Trinajstić information content (AvgIpc) is 3.21. The molecule has 5 rings (SSSR count). The summed E-state index contributed by atoms with van der Waals surface area (Å²) in [4.78, 5) is 25.2. The van der Waals surface area contributed by atoms with E-state index in [9.17, 15) is 24.9 Å². The maximum Gasteiger partial charge on any atom is 0.228 e. The quantitative estimate of drug-likeness (QED) is 0.625. The second kappa shape index (κ2) is 4.58. The Balaban J connectivity index is 1.84. The van der Waals surface area contributed by atoms with Crippen molar-refractivity contribution in [1.82, 2.24) is 0 Å². The Morgan fingerprint density at radius 1 is 1.12 bits per heavy atom. The summed E-state index contributed by atoms with van der Waals surface area (Å²) in [6.07, 6.45) is -2.92. The molecule has 130 valence electrons. The van der Waals surface area contributed by atoms with Crippen LogP contribution >= 0.6 is 0 Å². The van der Waals surface area contributed by atoms with Crippen LogP contribution in [-0.4, -0.2) is 51.8 Å². The predicted octanol–water partition coefficient (Wildman–Crippen LogP) is 0.266. The van der Waals surface area contributed by atoms with E-state index in [-0.39, 0.29) is 23.9 Å². The number of rotatable bonds is 0. The SMILES string of the molecule is C[C@@]12C3=C(OCC3[C@@H](O)[C@H](O)[C@@H]1O)C(=O)c1c2ccc2c1CCC2=O.